The van der Waals surface area contributed by atoms with E-state index < -0.39 is 36.2 Å². The SMILES string of the molecule is B[C@H](N)C(=O)N[C@@H](CC(=O)O)C(N)=O. The first-order valence-electron chi connectivity index (χ1n) is 3.91. The third-order valence-electron chi connectivity index (χ3n) is 1.45. The van der Waals surface area contributed by atoms with Gasteiger partial charge >= 0.3 is 5.97 Å². The van der Waals surface area contributed by atoms with E-state index in [4.69, 9.17) is 16.6 Å². The number of hydrogen-bond donors (Lipinski definition) is 4. The van der Waals surface area contributed by atoms with Crippen LogP contribution < -0.4 is 16.8 Å². The molecule has 0 saturated carbocycles. The van der Waals surface area contributed by atoms with Gasteiger partial charge in [0.05, 0.1) is 12.4 Å². The van der Waals surface area contributed by atoms with Crippen molar-refractivity contribution < 1.29 is 19.5 Å². The van der Waals surface area contributed by atoms with Crippen LogP contribution in [-0.4, -0.2) is 42.7 Å². The van der Waals surface area contributed by atoms with Crippen LogP contribution in [0, 0.1) is 0 Å². The Labute approximate surface area is 81.2 Å². The summed E-state index contributed by atoms with van der Waals surface area (Å²) in [4.78, 5) is 32.0. The molecule has 0 spiro atoms. The van der Waals surface area contributed by atoms with Crippen LogP contribution in [0.5, 0.6) is 0 Å². The summed E-state index contributed by atoms with van der Waals surface area (Å²) in [6.07, 6.45) is -0.548. The third-order valence-corrected chi connectivity index (χ3v) is 1.45. The lowest BCUT2D eigenvalue weighted by molar-refractivity contribution is -0.140. The fourth-order valence-corrected chi connectivity index (χ4v) is 0.701. The van der Waals surface area contributed by atoms with E-state index in [2.05, 4.69) is 5.32 Å². The minimum absolute atomic E-state index is 0.548. The van der Waals surface area contributed by atoms with Crippen molar-refractivity contribution >= 4 is 25.6 Å². The van der Waals surface area contributed by atoms with Gasteiger partial charge in [-0.05, 0) is 0 Å². The molecule has 78 valence electrons. The molecule has 0 fully saturated rings. The number of rotatable bonds is 5. The maximum atomic E-state index is 11.0. The Morgan fingerprint density at radius 2 is 1.93 bits per heavy atom. The molecule has 8 heteroatoms. The second-order valence-electron chi connectivity index (χ2n) is 2.85. The van der Waals surface area contributed by atoms with Gasteiger partial charge < -0.3 is 21.9 Å². The molecule has 0 aromatic heterocycles. The number of aliphatic carboxylic acids is 1. The molecule has 0 rings (SSSR count). The Hall–Kier alpha value is -1.57. The standard InChI is InChI=1S/C6H12BN3O4/c7-4(8)6(14)10-2(5(9)13)1-3(11)12/h2,4H,1,7-8H2,(H2,9,13)(H,10,14)(H,11,12)/t2-,4+/m0/s1. The second-order valence-corrected chi connectivity index (χ2v) is 2.85. The van der Waals surface area contributed by atoms with E-state index in [1.807, 2.05) is 0 Å². The van der Waals surface area contributed by atoms with Crippen LogP contribution in [0.2, 0.25) is 0 Å². The van der Waals surface area contributed by atoms with Crippen LogP contribution >= 0.6 is 0 Å². The predicted octanol–water partition coefficient (Wildman–Crippen LogP) is -3.65. The summed E-state index contributed by atoms with van der Waals surface area (Å²) >= 11 is 0. The van der Waals surface area contributed by atoms with Crippen molar-refractivity contribution in [3.05, 3.63) is 0 Å². The van der Waals surface area contributed by atoms with Gasteiger partial charge in [-0.2, -0.15) is 0 Å². The average molecular weight is 201 g/mol. The molecule has 0 aliphatic rings. The minimum atomic E-state index is -1.22. The van der Waals surface area contributed by atoms with Crippen molar-refractivity contribution in [3.63, 3.8) is 0 Å². The molecule has 0 aromatic carbocycles. The van der Waals surface area contributed by atoms with Crippen LogP contribution in [0.25, 0.3) is 0 Å². The monoisotopic (exact) mass is 201 g/mol. The minimum Gasteiger partial charge on any atom is -0.481 e. The molecule has 7 nitrogen and oxygen atoms in total. The zero-order chi connectivity index (χ0) is 11.3. The molecule has 6 N–H and O–H groups in total. The van der Waals surface area contributed by atoms with Gasteiger partial charge in [-0.3, -0.25) is 14.4 Å². The lowest BCUT2D eigenvalue weighted by Gasteiger charge is -2.14. The van der Waals surface area contributed by atoms with Crippen LogP contribution in [0.1, 0.15) is 6.42 Å². The maximum Gasteiger partial charge on any atom is 0.305 e. The number of primary amides is 1. The lowest BCUT2D eigenvalue weighted by atomic mass is 9.96. The molecular weight excluding hydrogens is 189 g/mol. The average Bonchev–Trinajstić information content (AvgIpc) is 2.01. The first-order valence-corrected chi connectivity index (χ1v) is 3.91. The highest BCUT2D eigenvalue weighted by molar-refractivity contribution is 6.23. The molecule has 0 aliphatic heterocycles. The molecular formula is C6H12BN3O4. The van der Waals surface area contributed by atoms with Gasteiger partial charge in [0.15, 0.2) is 0 Å². The molecule has 0 heterocycles. The zero-order valence-electron chi connectivity index (χ0n) is 7.69. The Morgan fingerprint density at radius 3 is 2.21 bits per heavy atom. The number of hydrogen-bond acceptors (Lipinski definition) is 4. The lowest BCUT2D eigenvalue weighted by Crippen LogP contribution is -2.51. The normalized spacial score (nSPS) is 14.1. The van der Waals surface area contributed by atoms with Crippen molar-refractivity contribution in [2.24, 2.45) is 11.5 Å². The number of nitrogens with one attached hydrogen (secondary N) is 1. The fraction of sp³-hybridized carbons (Fsp3) is 0.500. The number of carboxylic acids is 1. The van der Waals surface area contributed by atoms with Gasteiger partial charge in [0.25, 0.3) is 0 Å². The third kappa shape index (κ3) is 4.46. The molecule has 14 heavy (non-hydrogen) atoms. The van der Waals surface area contributed by atoms with Gasteiger partial charge in [-0.25, -0.2) is 0 Å². The number of carbonyl (C=O) groups excluding carboxylic acids is 2. The topological polar surface area (TPSA) is 136 Å². The van der Waals surface area contributed by atoms with Gasteiger partial charge in [0.2, 0.25) is 11.8 Å². The van der Waals surface area contributed by atoms with E-state index in [-0.39, 0.29) is 0 Å². The first-order chi connectivity index (χ1) is 6.34. The Bertz CT molecular complexity index is 255. The summed E-state index contributed by atoms with van der Waals surface area (Å²) in [5.41, 5.74) is 10.1. The summed E-state index contributed by atoms with van der Waals surface area (Å²) in [5, 5.41) is 10.5. The van der Waals surface area contributed by atoms with E-state index in [1.54, 1.807) is 0 Å². The largest absolute Gasteiger partial charge is 0.481 e. The van der Waals surface area contributed by atoms with Gasteiger partial charge in [0, 0.05) is 0 Å². The van der Waals surface area contributed by atoms with Crippen LogP contribution in [0.15, 0.2) is 0 Å². The zero-order valence-corrected chi connectivity index (χ0v) is 7.69. The summed E-state index contributed by atoms with van der Waals surface area (Å²) in [6, 6.07) is -1.22. The maximum absolute atomic E-state index is 11.0. The number of amides is 2. The van der Waals surface area contributed by atoms with E-state index in [1.165, 1.54) is 7.85 Å². The predicted molar refractivity (Wildman–Crippen MR) is 49.9 cm³/mol. The Balaban J connectivity index is 4.31. The molecule has 2 amide bonds. The summed E-state index contributed by atoms with van der Waals surface area (Å²) < 4.78 is 0. The first kappa shape index (κ1) is 12.4. The number of carboxylic acid groups (broad SMARTS) is 1. The quantitative estimate of drug-likeness (QED) is 0.340. The van der Waals surface area contributed by atoms with E-state index in [9.17, 15) is 14.4 Å². The fourth-order valence-electron chi connectivity index (χ4n) is 0.701. The van der Waals surface area contributed by atoms with Crippen LogP contribution in [0.3, 0.4) is 0 Å². The highest BCUT2D eigenvalue weighted by atomic mass is 16.4. The number of nitrogens with two attached hydrogens (primary N) is 2. The smallest absolute Gasteiger partial charge is 0.305 e. The van der Waals surface area contributed by atoms with Crippen molar-refractivity contribution in [2.75, 3.05) is 0 Å². The Kier molecular flexibility index (Phi) is 4.64. The van der Waals surface area contributed by atoms with E-state index in [0.29, 0.717) is 0 Å². The van der Waals surface area contributed by atoms with E-state index in [0.717, 1.165) is 0 Å². The Morgan fingerprint density at radius 1 is 1.43 bits per heavy atom. The van der Waals surface area contributed by atoms with Crippen molar-refractivity contribution in [3.8, 4) is 0 Å². The van der Waals surface area contributed by atoms with Gasteiger partial charge in [-0.1, -0.05) is 0 Å². The molecule has 0 unspecified atom stereocenters. The van der Waals surface area contributed by atoms with Crippen molar-refractivity contribution in [1.82, 2.24) is 5.32 Å². The van der Waals surface area contributed by atoms with Gasteiger partial charge in [0.1, 0.15) is 13.9 Å². The summed E-state index contributed by atoms with van der Waals surface area (Å²) in [7, 11) is 1.41. The molecule has 0 aromatic rings. The van der Waals surface area contributed by atoms with Crippen LogP contribution in [0.4, 0.5) is 0 Å². The highest BCUT2D eigenvalue weighted by Gasteiger charge is 2.22. The second kappa shape index (κ2) is 5.23. The van der Waals surface area contributed by atoms with Crippen LogP contribution in [-0.2, 0) is 14.4 Å². The molecule has 0 radical (unpaired) electrons. The van der Waals surface area contributed by atoms with E-state index >= 15 is 0 Å². The summed E-state index contributed by atoms with van der Waals surface area (Å²) in [5.74, 6) is -3.55. The molecule has 0 bridgehead atoms. The summed E-state index contributed by atoms with van der Waals surface area (Å²) in [6.45, 7) is 0. The molecule has 0 aliphatic carbocycles. The molecule has 0 saturated heterocycles. The molecule has 2 atom stereocenters. The number of carbonyl (C=O) groups is 3. The van der Waals surface area contributed by atoms with Crippen molar-refractivity contribution in [1.29, 1.82) is 0 Å². The highest BCUT2D eigenvalue weighted by Crippen LogP contribution is 1.91. The van der Waals surface area contributed by atoms with Crippen molar-refractivity contribution in [2.45, 2.75) is 18.4 Å². The van der Waals surface area contributed by atoms with Gasteiger partial charge in [-0.15, -0.1) is 0 Å².